The second-order valence-corrected chi connectivity index (χ2v) is 3.87. The number of hydrogen-bond acceptors (Lipinski definition) is 4. The van der Waals surface area contributed by atoms with Gasteiger partial charge < -0.3 is 9.73 Å². The number of nitrogens with one attached hydrogen (secondary N) is 1. The van der Waals surface area contributed by atoms with Crippen LogP contribution in [-0.4, -0.2) is 9.97 Å². The summed E-state index contributed by atoms with van der Waals surface area (Å²) in [4.78, 5) is 8.25. The summed E-state index contributed by atoms with van der Waals surface area (Å²) in [5.41, 5.74) is 2.16. The van der Waals surface area contributed by atoms with E-state index in [1.165, 1.54) is 0 Å². The van der Waals surface area contributed by atoms with Crippen molar-refractivity contribution in [2.75, 3.05) is 5.32 Å². The van der Waals surface area contributed by atoms with E-state index in [0.29, 0.717) is 5.89 Å². The number of rotatable bonds is 3. The minimum Gasteiger partial charge on any atom is -0.444 e. The summed E-state index contributed by atoms with van der Waals surface area (Å²) in [5.74, 6) is 1.53. The molecule has 0 aliphatic heterocycles. The van der Waals surface area contributed by atoms with Crippen LogP contribution in [0.4, 0.5) is 5.69 Å². The van der Waals surface area contributed by atoms with E-state index in [1.807, 2.05) is 33.0 Å². The molecule has 0 aromatic carbocycles. The summed E-state index contributed by atoms with van der Waals surface area (Å²) in [7, 11) is 0. The SMILES string of the molecule is Cc1cnc(C(C)Nc2ccncc2C)o1. The Morgan fingerprint density at radius 3 is 2.75 bits per heavy atom. The number of aromatic nitrogens is 2. The third-order valence-corrected chi connectivity index (χ3v) is 2.40. The Labute approximate surface area is 94.7 Å². The molecule has 4 heteroatoms. The van der Waals surface area contributed by atoms with Gasteiger partial charge in [-0.25, -0.2) is 4.98 Å². The van der Waals surface area contributed by atoms with Gasteiger partial charge in [0, 0.05) is 18.1 Å². The lowest BCUT2D eigenvalue weighted by molar-refractivity contribution is 0.453. The van der Waals surface area contributed by atoms with E-state index in [-0.39, 0.29) is 6.04 Å². The fourth-order valence-electron chi connectivity index (χ4n) is 1.50. The third-order valence-electron chi connectivity index (χ3n) is 2.40. The van der Waals surface area contributed by atoms with Crippen molar-refractivity contribution in [2.24, 2.45) is 0 Å². The van der Waals surface area contributed by atoms with Crippen LogP contribution in [0.15, 0.2) is 29.1 Å². The lowest BCUT2D eigenvalue weighted by atomic mass is 10.2. The van der Waals surface area contributed by atoms with Gasteiger partial charge in [0.2, 0.25) is 5.89 Å². The number of aryl methyl sites for hydroxylation is 2. The van der Waals surface area contributed by atoms with Crippen molar-refractivity contribution in [3.05, 3.63) is 41.9 Å². The average molecular weight is 217 g/mol. The molecule has 2 aromatic rings. The highest BCUT2D eigenvalue weighted by Gasteiger charge is 2.11. The van der Waals surface area contributed by atoms with Gasteiger partial charge in [-0.05, 0) is 32.4 Å². The maximum atomic E-state index is 5.47. The Morgan fingerprint density at radius 1 is 1.31 bits per heavy atom. The van der Waals surface area contributed by atoms with Crippen LogP contribution in [0.5, 0.6) is 0 Å². The summed E-state index contributed by atoms with van der Waals surface area (Å²) >= 11 is 0. The van der Waals surface area contributed by atoms with Gasteiger partial charge in [-0.2, -0.15) is 0 Å². The molecule has 0 radical (unpaired) electrons. The van der Waals surface area contributed by atoms with Gasteiger partial charge in [-0.15, -0.1) is 0 Å². The van der Waals surface area contributed by atoms with E-state index < -0.39 is 0 Å². The second-order valence-electron chi connectivity index (χ2n) is 3.87. The van der Waals surface area contributed by atoms with Gasteiger partial charge >= 0.3 is 0 Å². The van der Waals surface area contributed by atoms with Gasteiger partial charge in [0.1, 0.15) is 11.8 Å². The first-order valence-corrected chi connectivity index (χ1v) is 5.26. The molecule has 2 heterocycles. The van der Waals surface area contributed by atoms with E-state index in [9.17, 15) is 0 Å². The number of hydrogen-bond donors (Lipinski definition) is 1. The first-order valence-electron chi connectivity index (χ1n) is 5.26. The molecule has 0 aliphatic rings. The highest BCUT2D eigenvalue weighted by Crippen LogP contribution is 2.20. The Balaban J connectivity index is 2.13. The first-order chi connectivity index (χ1) is 7.66. The van der Waals surface area contributed by atoms with Crippen LogP contribution in [-0.2, 0) is 0 Å². The largest absolute Gasteiger partial charge is 0.444 e. The van der Waals surface area contributed by atoms with E-state index in [0.717, 1.165) is 17.0 Å². The predicted octanol–water partition coefficient (Wildman–Crippen LogP) is 2.86. The van der Waals surface area contributed by atoms with Gasteiger partial charge in [0.15, 0.2) is 0 Å². The number of anilines is 1. The molecule has 0 fully saturated rings. The fraction of sp³-hybridized carbons (Fsp3) is 0.333. The fourth-order valence-corrected chi connectivity index (χ4v) is 1.50. The maximum Gasteiger partial charge on any atom is 0.216 e. The zero-order valence-corrected chi connectivity index (χ0v) is 9.69. The number of pyridine rings is 1. The van der Waals surface area contributed by atoms with Crippen molar-refractivity contribution < 1.29 is 4.42 Å². The summed E-state index contributed by atoms with van der Waals surface area (Å²) in [6.07, 6.45) is 5.33. The molecular formula is C12H15N3O. The summed E-state index contributed by atoms with van der Waals surface area (Å²) in [6.45, 7) is 5.93. The summed E-state index contributed by atoms with van der Waals surface area (Å²) in [6, 6.07) is 2.00. The standard InChI is InChI=1S/C12H15N3O/c1-8-6-13-5-4-11(8)15-10(3)12-14-7-9(2)16-12/h4-7,10H,1-3H3,(H,13,15). The molecule has 16 heavy (non-hydrogen) atoms. The Bertz CT molecular complexity index is 479. The van der Waals surface area contributed by atoms with Gasteiger partial charge in [0.25, 0.3) is 0 Å². The molecule has 84 valence electrons. The highest BCUT2D eigenvalue weighted by atomic mass is 16.4. The first kappa shape index (κ1) is 10.7. The molecule has 2 rings (SSSR count). The lowest BCUT2D eigenvalue weighted by Crippen LogP contribution is -2.08. The molecule has 1 atom stereocenters. The predicted molar refractivity (Wildman–Crippen MR) is 62.3 cm³/mol. The van der Waals surface area contributed by atoms with Gasteiger partial charge in [0.05, 0.1) is 6.20 Å². The quantitative estimate of drug-likeness (QED) is 0.858. The molecule has 4 nitrogen and oxygen atoms in total. The molecule has 0 amide bonds. The Kier molecular flexibility index (Phi) is 2.90. The third kappa shape index (κ3) is 2.21. The van der Waals surface area contributed by atoms with E-state index in [4.69, 9.17) is 4.42 Å². The van der Waals surface area contributed by atoms with Crippen molar-refractivity contribution in [3.63, 3.8) is 0 Å². The number of oxazole rings is 1. The van der Waals surface area contributed by atoms with E-state index >= 15 is 0 Å². The van der Waals surface area contributed by atoms with Crippen LogP contribution >= 0.6 is 0 Å². The molecule has 0 aliphatic carbocycles. The smallest absolute Gasteiger partial charge is 0.216 e. The number of nitrogens with zero attached hydrogens (tertiary/aromatic N) is 2. The molecule has 1 N–H and O–H groups in total. The van der Waals surface area contributed by atoms with Crippen LogP contribution in [0, 0.1) is 13.8 Å². The topological polar surface area (TPSA) is 51.0 Å². The van der Waals surface area contributed by atoms with Crippen LogP contribution in [0.2, 0.25) is 0 Å². The molecule has 2 aromatic heterocycles. The van der Waals surface area contributed by atoms with E-state index in [1.54, 1.807) is 12.4 Å². The zero-order chi connectivity index (χ0) is 11.5. The maximum absolute atomic E-state index is 5.47. The Hall–Kier alpha value is -1.84. The monoisotopic (exact) mass is 217 g/mol. The molecule has 0 saturated heterocycles. The molecule has 0 bridgehead atoms. The second kappa shape index (κ2) is 4.35. The lowest BCUT2D eigenvalue weighted by Gasteiger charge is -2.13. The van der Waals surface area contributed by atoms with Crippen molar-refractivity contribution in [3.8, 4) is 0 Å². The van der Waals surface area contributed by atoms with Crippen LogP contribution in [0.1, 0.15) is 30.2 Å². The van der Waals surface area contributed by atoms with Gasteiger partial charge in [-0.3, -0.25) is 4.98 Å². The average Bonchev–Trinajstić information content (AvgIpc) is 2.68. The van der Waals surface area contributed by atoms with Crippen molar-refractivity contribution in [2.45, 2.75) is 26.8 Å². The molecular weight excluding hydrogens is 202 g/mol. The van der Waals surface area contributed by atoms with Crippen LogP contribution in [0.25, 0.3) is 0 Å². The van der Waals surface area contributed by atoms with Crippen LogP contribution in [0.3, 0.4) is 0 Å². The van der Waals surface area contributed by atoms with Crippen molar-refractivity contribution in [1.82, 2.24) is 9.97 Å². The van der Waals surface area contributed by atoms with E-state index in [2.05, 4.69) is 15.3 Å². The minimum atomic E-state index is 0.0507. The van der Waals surface area contributed by atoms with Crippen molar-refractivity contribution >= 4 is 5.69 Å². The molecule has 0 spiro atoms. The normalized spacial score (nSPS) is 12.4. The summed E-state index contributed by atoms with van der Waals surface area (Å²) < 4.78 is 5.47. The van der Waals surface area contributed by atoms with Crippen molar-refractivity contribution in [1.29, 1.82) is 0 Å². The summed E-state index contributed by atoms with van der Waals surface area (Å²) in [5, 5.41) is 3.34. The Morgan fingerprint density at radius 2 is 2.12 bits per heavy atom. The minimum absolute atomic E-state index is 0.0507. The highest BCUT2D eigenvalue weighted by molar-refractivity contribution is 5.49. The molecule has 0 saturated carbocycles. The van der Waals surface area contributed by atoms with Crippen LogP contribution < -0.4 is 5.32 Å². The zero-order valence-electron chi connectivity index (χ0n) is 9.69. The molecule has 1 unspecified atom stereocenters. The van der Waals surface area contributed by atoms with Gasteiger partial charge in [-0.1, -0.05) is 0 Å².